The van der Waals surface area contributed by atoms with Gasteiger partial charge >= 0.3 is 0 Å². The van der Waals surface area contributed by atoms with Crippen LogP contribution in [-0.4, -0.2) is 29.4 Å². The summed E-state index contributed by atoms with van der Waals surface area (Å²) in [5, 5.41) is 9.90. The summed E-state index contributed by atoms with van der Waals surface area (Å²) in [5.41, 5.74) is 1.01. The predicted octanol–water partition coefficient (Wildman–Crippen LogP) is 2.48. The highest BCUT2D eigenvalue weighted by Gasteiger charge is 2.16. The number of nitriles is 1. The molecule has 0 aliphatic heterocycles. The molecule has 1 aromatic heterocycles. The van der Waals surface area contributed by atoms with E-state index in [1.807, 2.05) is 12.1 Å². The van der Waals surface area contributed by atoms with E-state index in [1.54, 1.807) is 31.4 Å². The largest absolute Gasteiger partial charge is 0.328 e. The van der Waals surface area contributed by atoms with Crippen molar-refractivity contribution in [3.05, 3.63) is 41.0 Å². The summed E-state index contributed by atoms with van der Waals surface area (Å²) < 4.78 is 0. The monoisotopic (exact) mass is 259 g/mol. The van der Waals surface area contributed by atoms with Gasteiger partial charge in [-0.2, -0.15) is 5.26 Å². The van der Waals surface area contributed by atoms with Crippen LogP contribution in [0.15, 0.2) is 30.5 Å². The molecule has 0 fully saturated rings. The van der Waals surface area contributed by atoms with Crippen LogP contribution >= 0.6 is 11.6 Å². The first-order valence-electron chi connectivity index (χ1n) is 5.30. The number of carbonyl (C=O) groups is 1. The fourth-order valence-corrected chi connectivity index (χ4v) is 1.93. The van der Waals surface area contributed by atoms with E-state index in [-0.39, 0.29) is 12.5 Å². The molecule has 0 saturated heterocycles. The van der Waals surface area contributed by atoms with Gasteiger partial charge in [-0.15, -0.1) is 0 Å². The molecule has 1 heterocycles. The third-order valence-electron chi connectivity index (χ3n) is 2.55. The normalized spacial score (nSPS) is 10.1. The van der Waals surface area contributed by atoms with Crippen molar-refractivity contribution in [1.29, 1.82) is 5.26 Å². The average molecular weight is 260 g/mol. The van der Waals surface area contributed by atoms with Crippen molar-refractivity contribution in [1.82, 2.24) is 9.88 Å². The van der Waals surface area contributed by atoms with E-state index in [9.17, 15) is 4.79 Å². The SMILES string of the molecule is CN(CC#N)C(=O)c1cc(Cl)cc2cccnc12. The quantitative estimate of drug-likeness (QED) is 0.779. The number of amides is 1. The third-order valence-corrected chi connectivity index (χ3v) is 2.77. The Hall–Kier alpha value is -2.12. The highest BCUT2D eigenvalue weighted by molar-refractivity contribution is 6.32. The van der Waals surface area contributed by atoms with Crippen LogP contribution in [0.3, 0.4) is 0 Å². The Kier molecular flexibility index (Phi) is 3.45. The molecule has 2 aromatic rings. The third kappa shape index (κ3) is 2.27. The van der Waals surface area contributed by atoms with Gasteiger partial charge in [0.2, 0.25) is 0 Å². The minimum atomic E-state index is -0.261. The zero-order valence-corrected chi connectivity index (χ0v) is 10.5. The summed E-state index contributed by atoms with van der Waals surface area (Å²) >= 11 is 5.99. The summed E-state index contributed by atoms with van der Waals surface area (Å²) in [6.07, 6.45) is 1.62. The molecule has 4 nitrogen and oxygen atoms in total. The molecule has 0 saturated carbocycles. The number of fused-ring (bicyclic) bond motifs is 1. The number of hydrogen-bond donors (Lipinski definition) is 0. The maximum Gasteiger partial charge on any atom is 0.256 e. The van der Waals surface area contributed by atoms with E-state index in [4.69, 9.17) is 16.9 Å². The number of nitrogens with zero attached hydrogens (tertiary/aromatic N) is 3. The first-order valence-corrected chi connectivity index (χ1v) is 5.68. The van der Waals surface area contributed by atoms with E-state index in [0.717, 1.165) is 5.39 Å². The van der Waals surface area contributed by atoms with E-state index < -0.39 is 0 Å². The van der Waals surface area contributed by atoms with Crippen LogP contribution in [0.2, 0.25) is 5.02 Å². The van der Waals surface area contributed by atoms with Gasteiger partial charge in [0.25, 0.3) is 5.91 Å². The maximum absolute atomic E-state index is 12.2. The van der Waals surface area contributed by atoms with Gasteiger partial charge in [-0.25, -0.2) is 0 Å². The Balaban J connectivity index is 2.57. The average Bonchev–Trinajstić information content (AvgIpc) is 2.37. The zero-order chi connectivity index (χ0) is 13.1. The van der Waals surface area contributed by atoms with Crippen molar-refractivity contribution in [3.8, 4) is 6.07 Å². The number of aromatic nitrogens is 1. The van der Waals surface area contributed by atoms with Crippen molar-refractivity contribution in [2.75, 3.05) is 13.6 Å². The van der Waals surface area contributed by atoms with Crippen molar-refractivity contribution in [2.24, 2.45) is 0 Å². The van der Waals surface area contributed by atoms with Gasteiger partial charge in [0.05, 0.1) is 17.1 Å². The number of carbonyl (C=O) groups excluding carboxylic acids is 1. The minimum absolute atomic E-state index is 0.0275. The van der Waals surface area contributed by atoms with Crippen molar-refractivity contribution >= 4 is 28.4 Å². The summed E-state index contributed by atoms with van der Waals surface area (Å²) in [6, 6.07) is 8.89. The van der Waals surface area contributed by atoms with Crippen LogP contribution in [-0.2, 0) is 0 Å². The van der Waals surface area contributed by atoms with E-state index in [2.05, 4.69) is 4.98 Å². The summed E-state index contributed by atoms with van der Waals surface area (Å²) in [6.45, 7) is 0.0275. The topological polar surface area (TPSA) is 57.0 Å². The van der Waals surface area contributed by atoms with Gasteiger partial charge in [-0.1, -0.05) is 17.7 Å². The lowest BCUT2D eigenvalue weighted by Gasteiger charge is -2.14. The minimum Gasteiger partial charge on any atom is -0.328 e. The summed E-state index contributed by atoms with van der Waals surface area (Å²) in [7, 11) is 1.57. The molecule has 0 unspecified atom stereocenters. The van der Waals surface area contributed by atoms with Crippen LogP contribution in [0.25, 0.3) is 10.9 Å². The molecular weight excluding hydrogens is 250 g/mol. The molecule has 0 radical (unpaired) electrons. The summed E-state index contributed by atoms with van der Waals surface area (Å²) in [4.78, 5) is 17.7. The molecule has 18 heavy (non-hydrogen) atoms. The molecule has 0 aliphatic rings. The number of pyridine rings is 1. The molecule has 0 bridgehead atoms. The molecule has 0 N–H and O–H groups in total. The molecule has 0 spiro atoms. The second-order valence-corrected chi connectivity index (χ2v) is 4.28. The second kappa shape index (κ2) is 5.03. The number of halogens is 1. The fraction of sp³-hybridized carbons (Fsp3) is 0.154. The predicted molar refractivity (Wildman–Crippen MR) is 69.3 cm³/mol. The number of rotatable bonds is 2. The Labute approximate surface area is 109 Å². The standard InChI is InChI=1S/C13H10ClN3O/c1-17(6-4-15)13(18)11-8-10(14)7-9-3-2-5-16-12(9)11/h2-3,5,7-8H,6H2,1H3. The lowest BCUT2D eigenvalue weighted by atomic mass is 10.1. The van der Waals surface area contributed by atoms with Crippen LogP contribution in [0.4, 0.5) is 0 Å². The molecule has 90 valence electrons. The molecule has 2 rings (SSSR count). The van der Waals surface area contributed by atoms with E-state index in [1.165, 1.54) is 4.90 Å². The lowest BCUT2D eigenvalue weighted by Crippen LogP contribution is -2.27. The first-order chi connectivity index (χ1) is 8.63. The van der Waals surface area contributed by atoms with Gasteiger partial charge in [0.15, 0.2) is 0 Å². The Morgan fingerprint density at radius 2 is 2.33 bits per heavy atom. The van der Waals surface area contributed by atoms with Gasteiger partial charge < -0.3 is 4.90 Å². The van der Waals surface area contributed by atoms with Crippen LogP contribution in [0.5, 0.6) is 0 Å². The van der Waals surface area contributed by atoms with Gasteiger partial charge in [-0.3, -0.25) is 9.78 Å². The van der Waals surface area contributed by atoms with Crippen LogP contribution in [0, 0.1) is 11.3 Å². The van der Waals surface area contributed by atoms with Gasteiger partial charge in [-0.05, 0) is 18.2 Å². The second-order valence-electron chi connectivity index (χ2n) is 3.85. The molecule has 0 aliphatic carbocycles. The summed E-state index contributed by atoms with van der Waals surface area (Å²) in [5.74, 6) is -0.261. The molecular formula is C13H10ClN3O. The molecule has 0 atom stereocenters. The lowest BCUT2D eigenvalue weighted by molar-refractivity contribution is 0.0813. The molecule has 5 heteroatoms. The maximum atomic E-state index is 12.2. The van der Waals surface area contributed by atoms with Gasteiger partial charge in [0, 0.05) is 23.7 Å². The van der Waals surface area contributed by atoms with Crippen molar-refractivity contribution in [2.45, 2.75) is 0 Å². The van der Waals surface area contributed by atoms with Crippen LogP contribution < -0.4 is 0 Å². The highest BCUT2D eigenvalue weighted by Crippen LogP contribution is 2.23. The van der Waals surface area contributed by atoms with E-state index >= 15 is 0 Å². The Morgan fingerprint density at radius 1 is 1.56 bits per heavy atom. The smallest absolute Gasteiger partial charge is 0.256 e. The Morgan fingerprint density at radius 3 is 3.06 bits per heavy atom. The van der Waals surface area contributed by atoms with E-state index in [0.29, 0.717) is 16.1 Å². The number of benzene rings is 1. The van der Waals surface area contributed by atoms with Crippen molar-refractivity contribution < 1.29 is 4.79 Å². The Bertz CT molecular complexity index is 648. The zero-order valence-electron chi connectivity index (χ0n) is 9.72. The number of hydrogen-bond acceptors (Lipinski definition) is 3. The first kappa shape index (κ1) is 12.3. The molecule has 1 aromatic carbocycles. The highest BCUT2D eigenvalue weighted by atomic mass is 35.5. The van der Waals surface area contributed by atoms with Gasteiger partial charge in [0.1, 0.15) is 6.54 Å². The molecule has 1 amide bonds. The van der Waals surface area contributed by atoms with Crippen molar-refractivity contribution in [3.63, 3.8) is 0 Å². The fourth-order valence-electron chi connectivity index (χ4n) is 1.70. The van der Waals surface area contributed by atoms with Crippen LogP contribution in [0.1, 0.15) is 10.4 Å².